The highest BCUT2D eigenvalue weighted by molar-refractivity contribution is 6.63. The minimum absolute atomic E-state index is 0.0333. The monoisotopic (exact) mass is 448 g/mol. The Morgan fingerprint density at radius 3 is 2.44 bits per heavy atom. The zero-order valence-electron chi connectivity index (χ0n) is 18.6. The fourth-order valence-electron chi connectivity index (χ4n) is 3.48. The van der Waals surface area contributed by atoms with Gasteiger partial charge in [0.1, 0.15) is 17.4 Å². The smallest absolute Gasteiger partial charge is 0.342 e. The number of benzene rings is 1. The topological polar surface area (TPSA) is 142 Å². The Kier molecular flexibility index (Phi) is 9.80. The lowest BCUT2D eigenvalue weighted by atomic mass is 9.94. The van der Waals surface area contributed by atoms with Crippen molar-refractivity contribution in [2.24, 2.45) is 5.92 Å². The number of nitrogens with one attached hydrogen (secondary N) is 2. The molecule has 0 bridgehead atoms. The minimum atomic E-state index is -0.979. The number of cyclic esters (lactones) is 1. The Balaban J connectivity index is 2.28. The number of Topliss-reactive ketones (excluding diaryl/α,β-unsaturated/α-hetero) is 3. The van der Waals surface area contributed by atoms with Gasteiger partial charge in [0.05, 0.1) is 6.61 Å². The molecule has 32 heavy (non-hydrogen) atoms. The molecule has 176 valence electrons. The third-order valence-electron chi connectivity index (χ3n) is 5.60. The number of hydrogen-bond acceptors (Lipinski definition) is 9. The number of phenolic OH excluding ortho intramolecular Hbond substituents is 1. The number of ether oxygens (including phenoxy) is 1. The Labute approximate surface area is 187 Å². The molecule has 4 N–H and O–H groups in total. The predicted octanol–water partition coefficient (Wildman–Crippen LogP) is 1.39. The number of carbonyl (C=O) groups excluding carboxylic acids is 4. The summed E-state index contributed by atoms with van der Waals surface area (Å²) in [4.78, 5) is 49.1. The maximum atomic E-state index is 12.9. The number of fused-ring (bicyclic) bond motifs is 1. The number of rotatable bonds is 6. The van der Waals surface area contributed by atoms with Gasteiger partial charge in [0.25, 0.3) is 5.78 Å². The van der Waals surface area contributed by atoms with Crippen molar-refractivity contribution >= 4 is 29.0 Å². The van der Waals surface area contributed by atoms with Crippen molar-refractivity contribution in [1.29, 1.82) is 0 Å². The van der Waals surface area contributed by atoms with Crippen LogP contribution >= 0.6 is 0 Å². The van der Waals surface area contributed by atoms with Crippen LogP contribution in [0.15, 0.2) is 12.1 Å². The molecule has 2 atom stereocenters. The molecule has 0 spiro atoms. The fraction of sp³-hybridized carbons (Fsp3) is 0.565. The number of aryl methyl sites for hydroxylation is 1. The van der Waals surface area contributed by atoms with Gasteiger partial charge in [-0.15, -0.1) is 0 Å². The standard InChI is InChI=1S/C23H32N2O7/c1-14-6-7-19(28)22(30)18(27)5-3-4-16-12-17(25-9-8-24-10-11-26)13-20(29)21(16)23(31)32-15(14)2/h12-15,24-26,29H,3-11H2,1-2H3/t14-,15+/m1/s1. The van der Waals surface area contributed by atoms with Gasteiger partial charge in [-0.1, -0.05) is 6.92 Å². The van der Waals surface area contributed by atoms with Crippen LogP contribution < -0.4 is 10.6 Å². The quantitative estimate of drug-likeness (QED) is 0.288. The van der Waals surface area contributed by atoms with Crippen LogP contribution in [0.5, 0.6) is 5.75 Å². The molecule has 0 aromatic heterocycles. The summed E-state index contributed by atoms with van der Waals surface area (Å²) >= 11 is 0. The van der Waals surface area contributed by atoms with Crippen molar-refractivity contribution in [2.75, 3.05) is 31.6 Å². The number of aromatic hydroxyl groups is 1. The number of phenols is 1. The molecule has 1 aliphatic rings. The van der Waals surface area contributed by atoms with Gasteiger partial charge >= 0.3 is 5.97 Å². The summed E-state index contributed by atoms with van der Waals surface area (Å²) in [6.45, 7) is 5.09. The maximum Gasteiger partial charge on any atom is 0.342 e. The van der Waals surface area contributed by atoms with Gasteiger partial charge in [0, 0.05) is 44.2 Å². The number of anilines is 1. The van der Waals surface area contributed by atoms with E-state index in [0.29, 0.717) is 37.3 Å². The Hall–Kier alpha value is -2.78. The van der Waals surface area contributed by atoms with E-state index < -0.39 is 29.4 Å². The van der Waals surface area contributed by atoms with Crippen LogP contribution in [0.4, 0.5) is 5.69 Å². The highest BCUT2D eigenvalue weighted by atomic mass is 16.5. The van der Waals surface area contributed by atoms with E-state index in [2.05, 4.69) is 10.6 Å². The summed E-state index contributed by atoms with van der Waals surface area (Å²) in [5, 5.41) is 25.5. The molecule has 1 aromatic rings. The largest absolute Gasteiger partial charge is 0.507 e. The van der Waals surface area contributed by atoms with Crippen molar-refractivity contribution < 1.29 is 34.1 Å². The van der Waals surface area contributed by atoms with Gasteiger partial charge < -0.3 is 25.6 Å². The third kappa shape index (κ3) is 7.13. The van der Waals surface area contributed by atoms with Crippen LogP contribution in [-0.2, 0) is 25.5 Å². The zero-order valence-corrected chi connectivity index (χ0v) is 18.6. The van der Waals surface area contributed by atoms with E-state index in [1.54, 1.807) is 19.9 Å². The number of aliphatic hydroxyl groups excluding tert-OH is 1. The summed E-state index contributed by atoms with van der Waals surface area (Å²) < 4.78 is 5.55. The predicted molar refractivity (Wildman–Crippen MR) is 118 cm³/mol. The molecular weight excluding hydrogens is 416 g/mol. The van der Waals surface area contributed by atoms with Crippen molar-refractivity contribution in [3.05, 3.63) is 23.3 Å². The van der Waals surface area contributed by atoms with Crippen LogP contribution in [0.25, 0.3) is 0 Å². The molecule has 1 heterocycles. The molecule has 0 unspecified atom stereocenters. The molecule has 0 saturated heterocycles. The average Bonchev–Trinajstić information content (AvgIpc) is 2.75. The van der Waals surface area contributed by atoms with Gasteiger partial charge in [0.2, 0.25) is 11.6 Å². The van der Waals surface area contributed by atoms with Gasteiger partial charge in [-0.05, 0) is 43.7 Å². The SMILES string of the molecule is C[C@@H]1CCC(=O)C(=O)C(=O)CCCc2cc(NCCNCCO)cc(O)c2C(=O)O[C@H]1C. The first kappa shape index (κ1) is 25.5. The summed E-state index contributed by atoms with van der Waals surface area (Å²) in [7, 11) is 0. The lowest BCUT2D eigenvalue weighted by Crippen LogP contribution is -2.27. The van der Waals surface area contributed by atoms with Crippen molar-refractivity contribution in [3.8, 4) is 5.75 Å². The fourth-order valence-corrected chi connectivity index (χ4v) is 3.48. The molecule has 0 amide bonds. The first-order chi connectivity index (χ1) is 15.2. The number of carbonyl (C=O) groups is 4. The zero-order chi connectivity index (χ0) is 23.7. The molecule has 9 nitrogen and oxygen atoms in total. The van der Waals surface area contributed by atoms with E-state index in [1.165, 1.54) is 6.07 Å². The summed E-state index contributed by atoms with van der Waals surface area (Å²) in [5.74, 6) is -3.54. The number of hydrogen-bond donors (Lipinski definition) is 4. The first-order valence-electron chi connectivity index (χ1n) is 11.0. The molecule has 9 heteroatoms. The van der Waals surface area contributed by atoms with E-state index in [-0.39, 0.29) is 49.5 Å². The minimum Gasteiger partial charge on any atom is -0.507 e. The van der Waals surface area contributed by atoms with Crippen LogP contribution in [0, 0.1) is 5.92 Å². The molecule has 0 fully saturated rings. The Morgan fingerprint density at radius 1 is 1.00 bits per heavy atom. The molecule has 0 radical (unpaired) electrons. The number of esters is 1. The second-order valence-electron chi connectivity index (χ2n) is 8.09. The maximum absolute atomic E-state index is 12.9. The highest BCUT2D eigenvalue weighted by Crippen LogP contribution is 2.30. The molecular formula is C23H32N2O7. The molecule has 0 saturated carbocycles. The first-order valence-corrected chi connectivity index (χ1v) is 11.0. The summed E-state index contributed by atoms with van der Waals surface area (Å²) in [6.07, 6.45) is 0.0508. The highest BCUT2D eigenvalue weighted by Gasteiger charge is 2.27. The third-order valence-corrected chi connectivity index (χ3v) is 5.60. The number of aliphatic hydroxyl groups is 1. The van der Waals surface area contributed by atoms with E-state index in [9.17, 15) is 24.3 Å². The van der Waals surface area contributed by atoms with E-state index >= 15 is 0 Å². The second-order valence-corrected chi connectivity index (χ2v) is 8.09. The summed E-state index contributed by atoms with van der Waals surface area (Å²) in [5.41, 5.74) is 1.11. The van der Waals surface area contributed by atoms with E-state index in [1.807, 2.05) is 0 Å². The van der Waals surface area contributed by atoms with Crippen molar-refractivity contribution in [3.63, 3.8) is 0 Å². The summed E-state index contributed by atoms with van der Waals surface area (Å²) in [6, 6.07) is 3.15. The Morgan fingerprint density at radius 2 is 1.72 bits per heavy atom. The van der Waals surface area contributed by atoms with Gasteiger partial charge in [-0.25, -0.2) is 4.79 Å². The van der Waals surface area contributed by atoms with Crippen LogP contribution in [0.1, 0.15) is 55.5 Å². The molecule has 1 aromatic carbocycles. The average molecular weight is 449 g/mol. The van der Waals surface area contributed by atoms with Gasteiger partial charge in [-0.3, -0.25) is 14.4 Å². The van der Waals surface area contributed by atoms with Gasteiger partial charge in [-0.2, -0.15) is 0 Å². The number of ketones is 3. The molecule has 0 aliphatic carbocycles. The van der Waals surface area contributed by atoms with Crippen LogP contribution in [-0.4, -0.2) is 65.9 Å². The van der Waals surface area contributed by atoms with E-state index in [4.69, 9.17) is 9.84 Å². The van der Waals surface area contributed by atoms with Crippen LogP contribution in [0.3, 0.4) is 0 Å². The van der Waals surface area contributed by atoms with Crippen LogP contribution in [0.2, 0.25) is 0 Å². The second kappa shape index (κ2) is 12.3. The lowest BCUT2D eigenvalue weighted by Gasteiger charge is -2.22. The van der Waals surface area contributed by atoms with Crippen molar-refractivity contribution in [2.45, 2.75) is 52.1 Å². The molecule has 1 aliphatic heterocycles. The lowest BCUT2D eigenvalue weighted by molar-refractivity contribution is -0.144. The van der Waals surface area contributed by atoms with E-state index in [0.717, 1.165) is 0 Å². The normalized spacial score (nSPS) is 21.0. The van der Waals surface area contributed by atoms with Gasteiger partial charge in [0.15, 0.2) is 0 Å². The van der Waals surface area contributed by atoms with Crippen molar-refractivity contribution in [1.82, 2.24) is 5.32 Å². The molecule has 2 rings (SSSR count). The Bertz CT molecular complexity index is 853.